The number of aromatic nitrogens is 4. The number of fused-ring (bicyclic) bond motifs is 1. The second kappa shape index (κ2) is 7.23. The number of anilines is 2. The number of imidazole rings is 1. The summed E-state index contributed by atoms with van der Waals surface area (Å²) < 4.78 is 3.04. The topological polar surface area (TPSA) is 55.1 Å². The minimum atomic E-state index is 0. The van der Waals surface area contributed by atoms with Crippen molar-refractivity contribution in [1.82, 2.24) is 19.4 Å². The van der Waals surface area contributed by atoms with Gasteiger partial charge in [-0.05, 0) is 44.2 Å². The Kier molecular flexibility index (Phi) is 5.21. The molecule has 3 aromatic heterocycles. The molecule has 0 unspecified atom stereocenters. The first kappa shape index (κ1) is 18.0. The average Bonchev–Trinajstić information content (AvgIpc) is 3.08. The van der Waals surface area contributed by atoms with Crippen LogP contribution in [0.15, 0.2) is 47.2 Å². The molecule has 3 heterocycles. The molecule has 0 amide bonds. The molecule has 0 fully saturated rings. The average molecular weight is 481 g/mol. The van der Waals surface area contributed by atoms with E-state index in [9.17, 15) is 0 Å². The van der Waals surface area contributed by atoms with Crippen LogP contribution in [0, 0.1) is 13.8 Å². The summed E-state index contributed by atoms with van der Waals surface area (Å²) in [6, 6.07) is 9.95. The largest absolute Gasteiger partial charge is 0.332 e. The predicted octanol–water partition coefficient (Wildman–Crippen LogP) is 5.55. The summed E-state index contributed by atoms with van der Waals surface area (Å²) in [6.45, 7) is 4.07. The third-order valence-corrected chi connectivity index (χ3v) is 5.11. The fourth-order valence-electron chi connectivity index (χ4n) is 2.61. The molecule has 25 heavy (non-hydrogen) atoms. The zero-order chi connectivity index (χ0) is 16.7. The number of nitrogens with zero attached hydrogens (tertiary/aromatic N) is 4. The predicted molar refractivity (Wildman–Crippen MR) is 111 cm³/mol. The van der Waals surface area contributed by atoms with E-state index in [0.29, 0.717) is 5.78 Å². The molecule has 0 saturated carbocycles. The van der Waals surface area contributed by atoms with E-state index >= 15 is 0 Å². The van der Waals surface area contributed by atoms with Crippen LogP contribution in [0.2, 0.25) is 0 Å². The SMILES string of the molecule is Br.Cc1nc2ncccn2c1-c1nc(Nc2ccc(Br)cc2)sc1C. The zero-order valence-electron chi connectivity index (χ0n) is 13.5. The van der Waals surface area contributed by atoms with E-state index in [4.69, 9.17) is 4.98 Å². The van der Waals surface area contributed by atoms with Gasteiger partial charge in [0, 0.05) is 27.4 Å². The van der Waals surface area contributed by atoms with E-state index in [2.05, 4.69) is 38.1 Å². The van der Waals surface area contributed by atoms with Gasteiger partial charge >= 0.3 is 0 Å². The first-order chi connectivity index (χ1) is 11.6. The van der Waals surface area contributed by atoms with Crippen molar-refractivity contribution in [2.75, 3.05) is 5.32 Å². The summed E-state index contributed by atoms with van der Waals surface area (Å²) in [5.41, 5.74) is 3.88. The summed E-state index contributed by atoms with van der Waals surface area (Å²) in [4.78, 5) is 14.8. The molecule has 4 aromatic rings. The highest BCUT2D eigenvalue weighted by molar-refractivity contribution is 9.10. The van der Waals surface area contributed by atoms with E-state index in [1.807, 2.05) is 47.9 Å². The minimum Gasteiger partial charge on any atom is -0.332 e. The first-order valence-corrected chi connectivity index (χ1v) is 9.03. The van der Waals surface area contributed by atoms with Gasteiger partial charge in [-0.15, -0.1) is 28.3 Å². The van der Waals surface area contributed by atoms with Gasteiger partial charge in [0.15, 0.2) is 5.13 Å². The van der Waals surface area contributed by atoms with Gasteiger partial charge < -0.3 is 5.32 Å². The highest BCUT2D eigenvalue weighted by atomic mass is 79.9. The molecule has 1 N–H and O–H groups in total. The van der Waals surface area contributed by atoms with Crippen LogP contribution < -0.4 is 5.32 Å². The summed E-state index contributed by atoms with van der Waals surface area (Å²) in [7, 11) is 0. The van der Waals surface area contributed by atoms with Gasteiger partial charge in [0.25, 0.3) is 0 Å². The normalized spacial score (nSPS) is 10.7. The van der Waals surface area contributed by atoms with Crippen LogP contribution in [0.25, 0.3) is 17.2 Å². The van der Waals surface area contributed by atoms with E-state index < -0.39 is 0 Å². The molecule has 0 aliphatic carbocycles. The maximum Gasteiger partial charge on any atom is 0.234 e. The number of aryl methyl sites for hydroxylation is 2. The lowest BCUT2D eigenvalue weighted by Gasteiger charge is -2.02. The van der Waals surface area contributed by atoms with Crippen molar-refractivity contribution in [3.8, 4) is 11.4 Å². The molecule has 128 valence electrons. The number of halogens is 2. The monoisotopic (exact) mass is 479 g/mol. The lowest BCUT2D eigenvalue weighted by atomic mass is 10.2. The van der Waals surface area contributed by atoms with Crippen molar-refractivity contribution in [3.05, 3.63) is 57.8 Å². The summed E-state index contributed by atoms with van der Waals surface area (Å²) >= 11 is 5.08. The Morgan fingerprint density at radius 3 is 2.64 bits per heavy atom. The second-order valence-corrected chi connectivity index (χ2v) is 7.51. The van der Waals surface area contributed by atoms with Gasteiger partial charge in [-0.25, -0.2) is 15.0 Å². The fraction of sp³-hybridized carbons (Fsp3) is 0.118. The summed E-state index contributed by atoms with van der Waals surface area (Å²) in [5.74, 6) is 0.694. The summed E-state index contributed by atoms with van der Waals surface area (Å²) in [5, 5.41) is 4.23. The van der Waals surface area contributed by atoms with Gasteiger partial charge in [0.05, 0.1) is 11.4 Å². The maximum absolute atomic E-state index is 4.79. The molecule has 5 nitrogen and oxygen atoms in total. The molecular weight excluding hydrogens is 466 g/mol. The van der Waals surface area contributed by atoms with Crippen LogP contribution in [0.3, 0.4) is 0 Å². The third-order valence-electron chi connectivity index (χ3n) is 3.69. The Balaban J connectivity index is 0.00000182. The van der Waals surface area contributed by atoms with Gasteiger partial charge in [-0.3, -0.25) is 4.40 Å². The number of benzene rings is 1. The van der Waals surface area contributed by atoms with Crippen molar-refractivity contribution < 1.29 is 0 Å². The van der Waals surface area contributed by atoms with E-state index in [1.54, 1.807) is 17.5 Å². The van der Waals surface area contributed by atoms with E-state index in [0.717, 1.165) is 37.3 Å². The van der Waals surface area contributed by atoms with Crippen molar-refractivity contribution in [2.45, 2.75) is 13.8 Å². The van der Waals surface area contributed by atoms with Gasteiger partial charge in [0.1, 0.15) is 5.69 Å². The Morgan fingerprint density at radius 2 is 1.88 bits per heavy atom. The van der Waals surface area contributed by atoms with Crippen molar-refractivity contribution in [2.24, 2.45) is 0 Å². The van der Waals surface area contributed by atoms with Crippen molar-refractivity contribution in [1.29, 1.82) is 0 Å². The minimum absolute atomic E-state index is 0. The molecule has 0 spiro atoms. The molecule has 8 heteroatoms. The Hall–Kier alpha value is -1.77. The highest BCUT2D eigenvalue weighted by Gasteiger charge is 2.17. The van der Waals surface area contributed by atoms with E-state index in [-0.39, 0.29) is 17.0 Å². The quantitative estimate of drug-likeness (QED) is 0.417. The van der Waals surface area contributed by atoms with Crippen LogP contribution in [-0.2, 0) is 0 Å². The zero-order valence-corrected chi connectivity index (χ0v) is 17.6. The molecule has 0 aliphatic heterocycles. The number of rotatable bonds is 3. The first-order valence-electron chi connectivity index (χ1n) is 7.42. The van der Waals surface area contributed by atoms with Crippen LogP contribution in [0.1, 0.15) is 10.6 Å². The maximum atomic E-state index is 4.79. The molecule has 0 saturated heterocycles. The molecular formula is C17H15Br2N5S. The lowest BCUT2D eigenvalue weighted by molar-refractivity contribution is 1.10. The highest BCUT2D eigenvalue weighted by Crippen LogP contribution is 2.33. The number of nitrogens with one attached hydrogen (secondary N) is 1. The molecule has 0 atom stereocenters. The summed E-state index contributed by atoms with van der Waals surface area (Å²) in [6.07, 6.45) is 3.72. The van der Waals surface area contributed by atoms with Gasteiger partial charge in [-0.2, -0.15) is 0 Å². The molecule has 4 rings (SSSR count). The molecule has 1 aromatic carbocycles. The van der Waals surface area contributed by atoms with Gasteiger partial charge in [0.2, 0.25) is 5.78 Å². The van der Waals surface area contributed by atoms with Crippen LogP contribution in [0.5, 0.6) is 0 Å². The smallest absolute Gasteiger partial charge is 0.234 e. The number of hydrogen-bond donors (Lipinski definition) is 1. The number of thiazole rings is 1. The van der Waals surface area contributed by atoms with Crippen molar-refractivity contribution in [3.63, 3.8) is 0 Å². The Labute approximate surface area is 168 Å². The molecule has 0 aliphatic rings. The second-order valence-electron chi connectivity index (χ2n) is 5.39. The molecule has 0 bridgehead atoms. The molecule has 0 radical (unpaired) electrons. The van der Waals surface area contributed by atoms with E-state index in [1.165, 1.54) is 0 Å². The Bertz CT molecular complexity index is 1020. The van der Waals surface area contributed by atoms with Crippen LogP contribution >= 0.6 is 44.2 Å². The number of hydrogen-bond acceptors (Lipinski definition) is 5. The standard InChI is InChI=1S/C17H14BrN5S.BrH/c1-10-15(23-9-3-8-19-16(23)20-10)14-11(2)24-17(22-14)21-13-6-4-12(18)5-7-13;/h3-9H,1-2H3,(H,21,22);1H. The Morgan fingerprint density at radius 1 is 1.12 bits per heavy atom. The van der Waals surface area contributed by atoms with Crippen molar-refractivity contribution >= 4 is 60.8 Å². The van der Waals surface area contributed by atoms with Gasteiger partial charge in [-0.1, -0.05) is 15.9 Å². The van der Waals surface area contributed by atoms with Crippen LogP contribution in [0.4, 0.5) is 10.8 Å². The fourth-order valence-corrected chi connectivity index (χ4v) is 3.71. The van der Waals surface area contributed by atoms with Crippen LogP contribution in [-0.4, -0.2) is 19.4 Å². The lowest BCUT2D eigenvalue weighted by Crippen LogP contribution is -1.93. The third kappa shape index (κ3) is 3.47.